The van der Waals surface area contributed by atoms with Gasteiger partial charge in [0.15, 0.2) is 0 Å². The van der Waals surface area contributed by atoms with Gasteiger partial charge in [0.1, 0.15) is 0 Å². The third kappa shape index (κ3) is 1.56. The minimum atomic E-state index is 0.195. The first kappa shape index (κ1) is 10.8. The summed E-state index contributed by atoms with van der Waals surface area (Å²) in [7, 11) is 0. The maximum atomic E-state index is 4.87. The maximum absolute atomic E-state index is 4.87. The molecule has 1 aromatic rings. The molecule has 0 bridgehead atoms. The number of rotatable bonds is 2. The molecule has 17 heavy (non-hydrogen) atoms. The van der Waals surface area contributed by atoms with E-state index in [1.807, 2.05) is 0 Å². The lowest BCUT2D eigenvalue weighted by molar-refractivity contribution is 0.459. The molecule has 1 heterocycles. The van der Waals surface area contributed by atoms with Crippen molar-refractivity contribution < 1.29 is 0 Å². The van der Waals surface area contributed by atoms with Crippen molar-refractivity contribution in [3.63, 3.8) is 0 Å². The second-order valence-corrected chi connectivity index (χ2v) is 5.50. The van der Waals surface area contributed by atoms with Crippen LogP contribution in [0.3, 0.4) is 0 Å². The van der Waals surface area contributed by atoms with Crippen molar-refractivity contribution in [3.05, 3.63) is 42.0 Å². The third-order valence-corrected chi connectivity index (χ3v) is 4.10. The van der Waals surface area contributed by atoms with Gasteiger partial charge in [0.05, 0.1) is 5.69 Å². The summed E-state index contributed by atoms with van der Waals surface area (Å²) in [6.07, 6.45) is 6.10. The molecule has 0 aromatic heterocycles. The molecule has 1 nitrogen and oxygen atoms in total. The number of fused-ring (bicyclic) bond motifs is 3. The smallest absolute Gasteiger partial charge is 0.0671 e. The number of aliphatic imine (C=N–C) groups is 1. The molecule has 3 rings (SSSR count). The quantitative estimate of drug-likeness (QED) is 0.655. The fourth-order valence-electron chi connectivity index (χ4n) is 3.48. The van der Waals surface area contributed by atoms with Gasteiger partial charge in [-0.05, 0) is 44.2 Å². The van der Waals surface area contributed by atoms with Crippen LogP contribution < -0.4 is 0 Å². The monoisotopic (exact) mass is 225 g/mol. The van der Waals surface area contributed by atoms with E-state index in [9.17, 15) is 0 Å². The zero-order chi connectivity index (χ0) is 11.9. The minimum Gasteiger partial charge on any atom is -0.257 e. The van der Waals surface area contributed by atoms with E-state index in [0.29, 0.717) is 0 Å². The molecule has 0 N–H and O–H groups in total. The number of hydrogen-bond acceptors (Lipinski definition) is 1. The predicted molar refractivity (Wildman–Crippen MR) is 73.1 cm³/mol. The Morgan fingerprint density at radius 1 is 1.35 bits per heavy atom. The summed E-state index contributed by atoms with van der Waals surface area (Å²) < 4.78 is 0. The first-order chi connectivity index (χ1) is 8.22. The van der Waals surface area contributed by atoms with Gasteiger partial charge >= 0.3 is 0 Å². The highest BCUT2D eigenvalue weighted by Gasteiger charge is 2.43. The van der Waals surface area contributed by atoms with Crippen LogP contribution in [0.5, 0.6) is 0 Å². The lowest BCUT2D eigenvalue weighted by atomic mass is 9.66. The van der Waals surface area contributed by atoms with Crippen LogP contribution in [0.4, 0.5) is 5.69 Å². The van der Waals surface area contributed by atoms with E-state index in [4.69, 9.17) is 4.99 Å². The van der Waals surface area contributed by atoms with Gasteiger partial charge < -0.3 is 0 Å². The number of para-hydroxylation sites is 1. The number of nitrogens with zero attached hydrogens (tertiary/aromatic N) is 1. The van der Waals surface area contributed by atoms with Gasteiger partial charge in [0, 0.05) is 11.1 Å². The summed E-state index contributed by atoms with van der Waals surface area (Å²) in [6.45, 7) is 6.26. The Morgan fingerprint density at radius 3 is 3.00 bits per heavy atom. The van der Waals surface area contributed by atoms with E-state index >= 15 is 0 Å². The van der Waals surface area contributed by atoms with Gasteiger partial charge in [-0.2, -0.15) is 0 Å². The first-order valence-electron chi connectivity index (χ1n) is 6.54. The summed E-state index contributed by atoms with van der Waals surface area (Å²) >= 11 is 0. The van der Waals surface area contributed by atoms with Crippen molar-refractivity contribution in [2.75, 3.05) is 0 Å². The van der Waals surface area contributed by atoms with Gasteiger partial charge in [-0.1, -0.05) is 30.2 Å². The molecule has 1 aliphatic heterocycles. The van der Waals surface area contributed by atoms with Crippen LogP contribution in [0.2, 0.25) is 0 Å². The number of hydrogen-bond donors (Lipinski definition) is 0. The molecular weight excluding hydrogens is 206 g/mol. The molecule has 0 amide bonds. The SMILES string of the molecule is C=C(C)CC12CCCCC1=Nc1ccccc12. The van der Waals surface area contributed by atoms with E-state index in [0.717, 1.165) is 6.42 Å². The Kier molecular flexibility index (Phi) is 2.43. The molecule has 1 fully saturated rings. The largest absolute Gasteiger partial charge is 0.257 e. The normalized spacial score (nSPS) is 26.1. The summed E-state index contributed by atoms with van der Waals surface area (Å²) in [5, 5.41) is 0. The van der Waals surface area contributed by atoms with Crippen molar-refractivity contribution in [2.45, 2.75) is 44.4 Å². The first-order valence-corrected chi connectivity index (χ1v) is 6.54. The van der Waals surface area contributed by atoms with E-state index in [2.05, 4.69) is 37.8 Å². The summed E-state index contributed by atoms with van der Waals surface area (Å²) in [5.41, 5.74) is 5.52. The highest BCUT2D eigenvalue weighted by molar-refractivity contribution is 6.02. The number of allylic oxidation sites excluding steroid dienone is 1. The van der Waals surface area contributed by atoms with Crippen molar-refractivity contribution in [1.82, 2.24) is 0 Å². The molecule has 1 heteroatoms. The highest BCUT2D eigenvalue weighted by atomic mass is 14.8. The van der Waals surface area contributed by atoms with Crippen molar-refractivity contribution in [3.8, 4) is 0 Å². The standard InChI is InChI=1S/C16H19N/c1-12(2)11-16-10-6-5-9-15(16)17-14-8-4-3-7-13(14)16/h3-4,7-8H,1,5-6,9-11H2,2H3. The van der Waals surface area contributed by atoms with E-state index in [1.165, 1.54) is 48.2 Å². The van der Waals surface area contributed by atoms with E-state index in [1.54, 1.807) is 0 Å². The number of benzene rings is 1. The fourth-order valence-corrected chi connectivity index (χ4v) is 3.48. The van der Waals surface area contributed by atoms with Crippen LogP contribution >= 0.6 is 0 Å². The average Bonchev–Trinajstić information content (AvgIpc) is 2.62. The molecule has 1 aromatic carbocycles. The van der Waals surface area contributed by atoms with Crippen LogP contribution in [0.15, 0.2) is 41.4 Å². The summed E-state index contributed by atoms with van der Waals surface area (Å²) in [4.78, 5) is 4.87. The van der Waals surface area contributed by atoms with Crippen LogP contribution in [0.25, 0.3) is 0 Å². The second kappa shape index (κ2) is 3.83. The van der Waals surface area contributed by atoms with Crippen LogP contribution in [0, 0.1) is 0 Å². The Bertz CT molecular complexity index is 498. The average molecular weight is 225 g/mol. The topological polar surface area (TPSA) is 12.4 Å². The Hall–Kier alpha value is -1.37. The highest BCUT2D eigenvalue weighted by Crippen LogP contribution is 2.50. The lowest BCUT2D eigenvalue weighted by Crippen LogP contribution is -2.36. The van der Waals surface area contributed by atoms with Crippen LogP contribution in [0.1, 0.15) is 44.6 Å². The molecule has 1 unspecified atom stereocenters. The second-order valence-electron chi connectivity index (χ2n) is 5.50. The maximum Gasteiger partial charge on any atom is 0.0671 e. The molecule has 0 saturated heterocycles. The zero-order valence-corrected chi connectivity index (χ0v) is 10.5. The molecular formula is C16H19N. The molecule has 1 aliphatic carbocycles. The van der Waals surface area contributed by atoms with Crippen molar-refractivity contribution in [1.29, 1.82) is 0 Å². The Labute approximate surface area is 103 Å². The lowest BCUT2D eigenvalue weighted by Gasteiger charge is -2.36. The Balaban J connectivity index is 2.13. The predicted octanol–water partition coefficient (Wildman–Crippen LogP) is 4.55. The van der Waals surface area contributed by atoms with Gasteiger partial charge in [0.25, 0.3) is 0 Å². The van der Waals surface area contributed by atoms with Gasteiger partial charge in [0.2, 0.25) is 0 Å². The van der Waals surface area contributed by atoms with Gasteiger partial charge in [-0.25, -0.2) is 0 Å². The fraction of sp³-hybridized carbons (Fsp3) is 0.438. The van der Waals surface area contributed by atoms with Crippen molar-refractivity contribution in [2.24, 2.45) is 4.99 Å². The molecule has 0 radical (unpaired) electrons. The van der Waals surface area contributed by atoms with Crippen LogP contribution in [-0.4, -0.2) is 5.71 Å². The Morgan fingerprint density at radius 2 is 2.18 bits per heavy atom. The third-order valence-electron chi connectivity index (χ3n) is 4.10. The molecule has 2 aliphatic rings. The van der Waals surface area contributed by atoms with Crippen molar-refractivity contribution >= 4 is 11.4 Å². The summed E-state index contributed by atoms with van der Waals surface area (Å²) in [5.74, 6) is 0. The van der Waals surface area contributed by atoms with E-state index < -0.39 is 0 Å². The van der Waals surface area contributed by atoms with Gasteiger partial charge in [-0.15, -0.1) is 6.58 Å². The molecule has 1 atom stereocenters. The molecule has 0 spiro atoms. The minimum absolute atomic E-state index is 0.195. The van der Waals surface area contributed by atoms with Crippen LogP contribution in [-0.2, 0) is 5.41 Å². The molecule has 88 valence electrons. The molecule has 1 saturated carbocycles. The van der Waals surface area contributed by atoms with Gasteiger partial charge in [-0.3, -0.25) is 4.99 Å². The van der Waals surface area contributed by atoms with E-state index in [-0.39, 0.29) is 5.41 Å². The summed E-state index contributed by atoms with van der Waals surface area (Å²) in [6, 6.07) is 8.65. The zero-order valence-electron chi connectivity index (χ0n) is 10.5.